The number of benzene rings is 1. The van der Waals surface area contributed by atoms with Gasteiger partial charge in [0, 0.05) is 76.0 Å². The number of piperidine rings is 2. The zero-order chi connectivity index (χ0) is 24.0. The number of imidazole rings is 1. The van der Waals surface area contributed by atoms with Gasteiger partial charge in [0.15, 0.2) is 0 Å². The summed E-state index contributed by atoms with van der Waals surface area (Å²) >= 11 is 0. The molecule has 35 heavy (non-hydrogen) atoms. The molecule has 0 aliphatic carbocycles. The zero-order valence-corrected chi connectivity index (χ0v) is 21.1. The maximum atomic E-state index is 12.6. The van der Waals surface area contributed by atoms with Crippen LogP contribution in [0.2, 0.25) is 0 Å². The number of nitrogens with zero attached hydrogens (tertiary/aromatic N) is 5. The highest BCUT2D eigenvalue weighted by Crippen LogP contribution is 2.35. The van der Waals surface area contributed by atoms with E-state index in [4.69, 9.17) is 4.74 Å². The van der Waals surface area contributed by atoms with Crippen LogP contribution in [0.15, 0.2) is 36.7 Å². The van der Waals surface area contributed by atoms with Crippen molar-refractivity contribution in [3.8, 4) is 0 Å². The number of amides is 1. The van der Waals surface area contributed by atoms with Gasteiger partial charge in [-0.1, -0.05) is 6.42 Å². The number of anilines is 1. The van der Waals surface area contributed by atoms with Crippen LogP contribution in [0, 0.1) is 0 Å². The molecule has 0 radical (unpaired) electrons. The van der Waals surface area contributed by atoms with E-state index < -0.39 is 0 Å². The predicted octanol–water partition coefficient (Wildman–Crippen LogP) is 2.68. The highest BCUT2D eigenvalue weighted by Gasteiger charge is 2.34. The Morgan fingerprint density at radius 2 is 1.80 bits per heavy atom. The lowest BCUT2D eigenvalue weighted by Crippen LogP contribution is -2.48. The standard InChI is InChI=1S/C27H40N6O2/c1-30-16-11-28-26(30)25-4-2-3-13-33(25)24-9-14-32(15-10-24)23-7-5-22(6-8-23)27(34)29-12-17-31-18-20-35-21-19-31/h5-8,11,16,24-25H,2-4,9-10,12-15,17-21H2,1H3,(H,29,34). The fourth-order valence-corrected chi connectivity index (χ4v) is 5.90. The lowest BCUT2D eigenvalue weighted by molar-refractivity contribution is 0.0383. The number of morpholine rings is 1. The van der Waals surface area contributed by atoms with Crippen molar-refractivity contribution in [1.82, 2.24) is 24.7 Å². The zero-order valence-electron chi connectivity index (χ0n) is 21.1. The average Bonchev–Trinajstić information content (AvgIpc) is 3.35. The van der Waals surface area contributed by atoms with Crippen molar-refractivity contribution < 1.29 is 9.53 Å². The summed E-state index contributed by atoms with van der Waals surface area (Å²) in [6, 6.07) is 9.20. The van der Waals surface area contributed by atoms with Gasteiger partial charge >= 0.3 is 0 Å². The molecule has 1 aromatic carbocycles. The monoisotopic (exact) mass is 480 g/mol. The van der Waals surface area contributed by atoms with Gasteiger partial charge in [-0.25, -0.2) is 4.98 Å². The fourth-order valence-electron chi connectivity index (χ4n) is 5.90. The highest BCUT2D eigenvalue weighted by atomic mass is 16.5. The van der Waals surface area contributed by atoms with Gasteiger partial charge in [0.2, 0.25) is 0 Å². The summed E-state index contributed by atoms with van der Waals surface area (Å²) in [4.78, 5) is 24.8. The number of hydrogen-bond acceptors (Lipinski definition) is 6. The number of rotatable bonds is 7. The summed E-state index contributed by atoms with van der Waals surface area (Å²) in [5, 5.41) is 3.06. The smallest absolute Gasteiger partial charge is 0.251 e. The number of likely N-dealkylation sites (tertiary alicyclic amines) is 1. The molecule has 1 N–H and O–H groups in total. The van der Waals surface area contributed by atoms with Gasteiger partial charge in [0.25, 0.3) is 5.91 Å². The summed E-state index contributed by atoms with van der Waals surface area (Å²) in [7, 11) is 2.12. The van der Waals surface area contributed by atoms with Crippen LogP contribution in [0.1, 0.15) is 54.3 Å². The number of ether oxygens (including phenoxy) is 1. The maximum Gasteiger partial charge on any atom is 0.251 e. The molecular weight excluding hydrogens is 440 g/mol. The molecule has 0 bridgehead atoms. The van der Waals surface area contributed by atoms with Gasteiger partial charge in [-0.2, -0.15) is 0 Å². The summed E-state index contributed by atoms with van der Waals surface area (Å²) in [6.07, 6.45) is 10.1. The molecule has 5 rings (SSSR count). The van der Waals surface area contributed by atoms with E-state index in [0.717, 1.165) is 51.5 Å². The van der Waals surface area contributed by atoms with Crippen molar-refractivity contribution in [2.45, 2.75) is 44.2 Å². The largest absolute Gasteiger partial charge is 0.379 e. The van der Waals surface area contributed by atoms with E-state index in [2.05, 4.69) is 54.9 Å². The van der Waals surface area contributed by atoms with Gasteiger partial charge in [-0.3, -0.25) is 14.6 Å². The lowest BCUT2D eigenvalue weighted by atomic mass is 9.94. The van der Waals surface area contributed by atoms with Crippen LogP contribution in [-0.4, -0.2) is 90.3 Å². The number of carbonyl (C=O) groups excluding carboxylic acids is 1. The van der Waals surface area contributed by atoms with Crippen molar-refractivity contribution in [2.24, 2.45) is 7.05 Å². The fraction of sp³-hybridized carbons (Fsp3) is 0.630. The number of aryl methyl sites for hydroxylation is 1. The first kappa shape index (κ1) is 24.3. The van der Waals surface area contributed by atoms with E-state index in [1.54, 1.807) is 0 Å². The Kier molecular flexibility index (Phi) is 8.01. The van der Waals surface area contributed by atoms with Crippen molar-refractivity contribution in [3.63, 3.8) is 0 Å². The highest BCUT2D eigenvalue weighted by molar-refractivity contribution is 5.94. The predicted molar refractivity (Wildman–Crippen MR) is 138 cm³/mol. The minimum Gasteiger partial charge on any atom is -0.379 e. The number of nitrogens with one attached hydrogen (secondary N) is 1. The molecule has 190 valence electrons. The summed E-state index contributed by atoms with van der Waals surface area (Å²) < 4.78 is 7.57. The second kappa shape index (κ2) is 11.5. The lowest BCUT2D eigenvalue weighted by Gasteiger charge is -2.44. The topological polar surface area (TPSA) is 65.9 Å². The second-order valence-electron chi connectivity index (χ2n) is 10.1. The summed E-state index contributed by atoms with van der Waals surface area (Å²) in [5.74, 6) is 1.22. The molecule has 0 saturated carbocycles. The van der Waals surface area contributed by atoms with Crippen LogP contribution < -0.4 is 10.2 Å². The van der Waals surface area contributed by atoms with Crippen LogP contribution >= 0.6 is 0 Å². The Hall–Kier alpha value is -2.42. The van der Waals surface area contributed by atoms with Crippen molar-refractivity contribution in [3.05, 3.63) is 48.0 Å². The van der Waals surface area contributed by atoms with Gasteiger partial charge < -0.3 is 19.5 Å². The van der Waals surface area contributed by atoms with Crippen molar-refractivity contribution >= 4 is 11.6 Å². The molecule has 1 amide bonds. The second-order valence-corrected chi connectivity index (χ2v) is 10.1. The molecule has 3 saturated heterocycles. The van der Waals surface area contributed by atoms with Crippen molar-refractivity contribution in [2.75, 3.05) is 63.9 Å². The Morgan fingerprint density at radius 1 is 1.03 bits per heavy atom. The number of hydrogen-bond donors (Lipinski definition) is 1. The molecule has 1 unspecified atom stereocenters. The minimum atomic E-state index is 0.00828. The van der Waals surface area contributed by atoms with Crippen LogP contribution in [-0.2, 0) is 11.8 Å². The Labute approximate surface area is 209 Å². The molecule has 3 fully saturated rings. The van der Waals surface area contributed by atoms with Gasteiger partial charge in [0.1, 0.15) is 5.82 Å². The first-order chi connectivity index (χ1) is 17.2. The molecule has 1 aromatic heterocycles. The molecule has 4 heterocycles. The van der Waals surface area contributed by atoms with E-state index in [1.807, 2.05) is 18.3 Å². The molecule has 3 aliphatic heterocycles. The van der Waals surface area contributed by atoms with Crippen LogP contribution in [0.25, 0.3) is 0 Å². The number of carbonyl (C=O) groups is 1. The van der Waals surface area contributed by atoms with E-state index >= 15 is 0 Å². The minimum absolute atomic E-state index is 0.00828. The van der Waals surface area contributed by atoms with E-state index in [9.17, 15) is 4.79 Å². The van der Waals surface area contributed by atoms with Gasteiger partial charge in [0.05, 0.1) is 19.3 Å². The normalized spacial score (nSPS) is 22.9. The Morgan fingerprint density at radius 3 is 2.51 bits per heavy atom. The molecule has 1 atom stereocenters. The number of aromatic nitrogens is 2. The third kappa shape index (κ3) is 5.88. The van der Waals surface area contributed by atoms with Crippen LogP contribution in [0.5, 0.6) is 0 Å². The Bertz CT molecular complexity index is 947. The molecular formula is C27H40N6O2. The molecule has 8 nitrogen and oxygen atoms in total. The quantitative estimate of drug-likeness (QED) is 0.657. The third-order valence-electron chi connectivity index (χ3n) is 7.95. The molecule has 3 aliphatic rings. The first-order valence-corrected chi connectivity index (χ1v) is 13.4. The van der Waals surface area contributed by atoms with Gasteiger partial charge in [-0.15, -0.1) is 0 Å². The van der Waals surface area contributed by atoms with Crippen LogP contribution in [0.3, 0.4) is 0 Å². The molecule has 0 spiro atoms. The van der Waals surface area contributed by atoms with E-state index in [-0.39, 0.29) is 5.91 Å². The SMILES string of the molecule is Cn1ccnc1C1CCCCN1C1CCN(c2ccc(C(=O)NCCN3CCOCC3)cc2)CC1. The van der Waals surface area contributed by atoms with Crippen LogP contribution in [0.4, 0.5) is 5.69 Å². The summed E-state index contributed by atoms with van der Waals surface area (Å²) in [5.41, 5.74) is 1.95. The average molecular weight is 481 g/mol. The van der Waals surface area contributed by atoms with Gasteiger partial charge in [-0.05, 0) is 56.5 Å². The van der Waals surface area contributed by atoms with E-state index in [0.29, 0.717) is 18.6 Å². The third-order valence-corrected chi connectivity index (χ3v) is 7.95. The first-order valence-electron chi connectivity index (χ1n) is 13.4. The molecule has 2 aromatic rings. The summed E-state index contributed by atoms with van der Waals surface area (Å²) in [6.45, 7) is 8.30. The molecule has 8 heteroatoms. The Balaban J connectivity index is 1.11. The maximum absolute atomic E-state index is 12.6. The van der Waals surface area contributed by atoms with E-state index in [1.165, 1.54) is 50.2 Å². The van der Waals surface area contributed by atoms with Crippen molar-refractivity contribution in [1.29, 1.82) is 0 Å².